The molecule has 0 fully saturated rings. The number of nitrogens with one attached hydrogen (secondary N) is 2. The predicted octanol–water partition coefficient (Wildman–Crippen LogP) is 4.15. The van der Waals surface area contributed by atoms with E-state index in [-0.39, 0.29) is 45.5 Å². The Morgan fingerprint density at radius 1 is 0.776 bits per heavy atom. The summed E-state index contributed by atoms with van der Waals surface area (Å²) in [5, 5.41) is 50.0. The number of methoxy groups -OCH3 is 1. The molecule has 2 aliphatic rings. The summed E-state index contributed by atoms with van der Waals surface area (Å²) in [5.74, 6) is 1.35. The van der Waals surface area contributed by atoms with Gasteiger partial charge in [-0.15, -0.1) is 0 Å². The Kier molecular flexibility index (Phi) is 10.3. The van der Waals surface area contributed by atoms with Gasteiger partial charge in [0.2, 0.25) is 0 Å². The zero-order valence-electron chi connectivity index (χ0n) is 27.2. The fraction of sp³-hybridized carbons (Fsp3) is 0.297. The monoisotopic (exact) mass is 669 g/mol. The van der Waals surface area contributed by atoms with Crippen LogP contribution in [0, 0.1) is 6.92 Å². The average Bonchev–Trinajstić information content (AvgIpc) is 3.63. The van der Waals surface area contributed by atoms with Crippen molar-refractivity contribution < 1.29 is 44.3 Å². The molecule has 0 saturated carbocycles. The van der Waals surface area contributed by atoms with Gasteiger partial charge in [0.15, 0.2) is 17.6 Å². The van der Waals surface area contributed by atoms with E-state index in [4.69, 9.17) is 19.0 Å². The van der Waals surface area contributed by atoms with Gasteiger partial charge in [0.05, 0.1) is 44.8 Å². The SMILES string of the molecule is COc1ccc(C2CC(c3cc(CO)c(CO)c(CO)c3)=NO2)cc1OCCOc1ccc(C2NC(=O)c3cc(C)ccc3N2)cc1CO. The number of anilines is 1. The molecule has 0 bridgehead atoms. The maximum atomic E-state index is 12.7. The van der Waals surface area contributed by atoms with Gasteiger partial charge >= 0.3 is 0 Å². The zero-order chi connectivity index (χ0) is 34.5. The van der Waals surface area contributed by atoms with Crippen LogP contribution in [0.1, 0.15) is 73.6 Å². The second-order valence-electron chi connectivity index (χ2n) is 11.8. The zero-order valence-corrected chi connectivity index (χ0v) is 27.2. The van der Waals surface area contributed by atoms with Gasteiger partial charge in [0, 0.05) is 23.2 Å². The number of nitrogens with zero attached hydrogens (tertiary/aromatic N) is 1. The Morgan fingerprint density at radius 2 is 1.47 bits per heavy atom. The molecule has 0 saturated heterocycles. The highest BCUT2D eigenvalue weighted by atomic mass is 16.6. The quantitative estimate of drug-likeness (QED) is 0.114. The molecular formula is C37H39N3O9. The van der Waals surface area contributed by atoms with Crippen LogP contribution in [0.2, 0.25) is 0 Å². The molecule has 0 aliphatic carbocycles. The molecule has 12 nitrogen and oxygen atoms in total. The van der Waals surface area contributed by atoms with Crippen LogP contribution in [0.15, 0.2) is 71.9 Å². The second-order valence-corrected chi connectivity index (χ2v) is 11.8. The molecular weight excluding hydrogens is 630 g/mol. The van der Waals surface area contributed by atoms with Gasteiger partial charge in [-0.25, -0.2) is 0 Å². The number of benzene rings is 4. The number of aliphatic hydroxyl groups excluding tert-OH is 4. The lowest BCUT2D eigenvalue weighted by Gasteiger charge is -2.29. The van der Waals surface area contributed by atoms with Crippen LogP contribution >= 0.6 is 0 Å². The molecule has 256 valence electrons. The van der Waals surface area contributed by atoms with Crippen molar-refractivity contribution in [1.82, 2.24) is 5.32 Å². The third-order valence-corrected chi connectivity index (χ3v) is 8.68. The molecule has 4 aromatic rings. The van der Waals surface area contributed by atoms with Crippen molar-refractivity contribution in [2.45, 2.75) is 52.0 Å². The third kappa shape index (κ3) is 7.18. The standard InChI is InChI=1S/C37H39N3O9/c1-21-3-6-30-28(11-21)37(45)39-36(38-30)23-5-7-32(27(12-23)19-43)47-9-10-48-35-15-22(4-8-33(35)46-2)34-16-31(40-49-34)24-13-25(17-41)29(20-44)26(14-24)18-42/h3-8,11-15,34,36,38,41-44H,9-10,16-20H2,1-2H3,(H,39,45). The Balaban J connectivity index is 1.08. The van der Waals surface area contributed by atoms with Crippen molar-refractivity contribution in [2.75, 3.05) is 25.6 Å². The summed E-state index contributed by atoms with van der Waals surface area (Å²) in [6.07, 6.45) is -0.424. The number of carbonyl (C=O) groups is 1. The number of fused-ring (bicyclic) bond motifs is 1. The highest BCUT2D eigenvalue weighted by Crippen LogP contribution is 2.36. The molecule has 2 heterocycles. The molecule has 6 rings (SSSR count). The molecule has 0 spiro atoms. The Hall–Kier alpha value is -5.14. The molecule has 49 heavy (non-hydrogen) atoms. The predicted molar refractivity (Wildman–Crippen MR) is 181 cm³/mol. The normalized spacial score (nSPS) is 16.6. The molecule has 4 aromatic carbocycles. The number of hydrogen-bond donors (Lipinski definition) is 6. The van der Waals surface area contributed by atoms with Crippen LogP contribution in [0.3, 0.4) is 0 Å². The van der Waals surface area contributed by atoms with E-state index >= 15 is 0 Å². The van der Waals surface area contributed by atoms with Crippen molar-refractivity contribution in [3.8, 4) is 17.2 Å². The van der Waals surface area contributed by atoms with Crippen molar-refractivity contribution in [3.05, 3.63) is 117 Å². The van der Waals surface area contributed by atoms with Gasteiger partial charge < -0.3 is 50.1 Å². The first-order valence-corrected chi connectivity index (χ1v) is 15.9. The van der Waals surface area contributed by atoms with E-state index in [2.05, 4.69) is 15.8 Å². The summed E-state index contributed by atoms with van der Waals surface area (Å²) in [4.78, 5) is 18.5. The highest BCUT2D eigenvalue weighted by molar-refractivity contribution is 6.02. The van der Waals surface area contributed by atoms with Crippen molar-refractivity contribution in [1.29, 1.82) is 0 Å². The maximum absolute atomic E-state index is 12.7. The lowest BCUT2D eigenvalue weighted by molar-refractivity contribution is 0.0854. The number of hydrogen-bond acceptors (Lipinski definition) is 11. The minimum atomic E-state index is -0.460. The van der Waals surface area contributed by atoms with E-state index in [0.29, 0.717) is 62.8 Å². The van der Waals surface area contributed by atoms with Gasteiger partial charge in [0.25, 0.3) is 5.91 Å². The van der Waals surface area contributed by atoms with Crippen LogP contribution in [-0.2, 0) is 31.3 Å². The van der Waals surface area contributed by atoms with Gasteiger partial charge in [-0.3, -0.25) is 4.79 Å². The van der Waals surface area contributed by atoms with Gasteiger partial charge in [0.1, 0.15) is 25.1 Å². The number of ether oxygens (including phenoxy) is 3. The van der Waals surface area contributed by atoms with E-state index in [1.807, 2.05) is 43.3 Å². The molecule has 6 N–H and O–H groups in total. The third-order valence-electron chi connectivity index (χ3n) is 8.68. The summed E-state index contributed by atoms with van der Waals surface area (Å²) in [6, 6.07) is 20.1. The minimum absolute atomic E-state index is 0.167. The van der Waals surface area contributed by atoms with Crippen LogP contribution in [0.4, 0.5) is 5.69 Å². The van der Waals surface area contributed by atoms with Gasteiger partial charge in [-0.1, -0.05) is 28.9 Å². The first-order chi connectivity index (χ1) is 23.8. The van der Waals surface area contributed by atoms with Crippen LogP contribution in [0.5, 0.6) is 17.2 Å². The summed E-state index contributed by atoms with van der Waals surface area (Å²) in [5.41, 5.74) is 7.40. The lowest BCUT2D eigenvalue weighted by Crippen LogP contribution is -2.38. The number of aryl methyl sites for hydroxylation is 1. The van der Waals surface area contributed by atoms with E-state index in [9.17, 15) is 25.2 Å². The molecule has 2 atom stereocenters. The first kappa shape index (κ1) is 33.7. The van der Waals surface area contributed by atoms with E-state index < -0.39 is 12.3 Å². The molecule has 2 unspecified atom stereocenters. The number of carbonyl (C=O) groups excluding carboxylic acids is 1. The second kappa shape index (κ2) is 15.0. The minimum Gasteiger partial charge on any atom is -0.493 e. The van der Waals surface area contributed by atoms with Crippen LogP contribution in [0.25, 0.3) is 0 Å². The number of aliphatic hydroxyl groups is 4. The molecule has 0 radical (unpaired) electrons. The van der Waals surface area contributed by atoms with Crippen molar-refractivity contribution in [3.63, 3.8) is 0 Å². The van der Waals surface area contributed by atoms with Gasteiger partial charge in [-0.05, 0) is 83.3 Å². The van der Waals surface area contributed by atoms with Crippen molar-refractivity contribution in [2.24, 2.45) is 5.16 Å². The number of rotatable bonds is 13. The van der Waals surface area contributed by atoms with Crippen molar-refractivity contribution >= 4 is 17.3 Å². The largest absolute Gasteiger partial charge is 0.493 e. The first-order valence-electron chi connectivity index (χ1n) is 15.9. The summed E-state index contributed by atoms with van der Waals surface area (Å²) in [6.45, 7) is 1.20. The summed E-state index contributed by atoms with van der Waals surface area (Å²) < 4.78 is 17.5. The smallest absolute Gasteiger partial charge is 0.255 e. The number of oxime groups is 1. The summed E-state index contributed by atoms with van der Waals surface area (Å²) >= 11 is 0. The molecule has 0 aromatic heterocycles. The fourth-order valence-corrected chi connectivity index (χ4v) is 6.07. The average molecular weight is 670 g/mol. The van der Waals surface area contributed by atoms with E-state index in [0.717, 1.165) is 22.4 Å². The van der Waals surface area contributed by atoms with E-state index in [1.165, 1.54) is 0 Å². The van der Waals surface area contributed by atoms with Gasteiger partial charge in [-0.2, -0.15) is 0 Å². The molecule has 2 aliphatic heterocycles. The maximum Gasteiger partial charge on any atom is 0.255 e. The highest BCUT2D eigenvalue weighted by Gasteiger charge is 2.27. The van der Waals surface area contributed by atoms with Crippen LogP contribution in [-0.4, -0.2) is 52.4 Å². The summed E-state index contributed by atoms with van der Waals surface area (Å²) in [7, 11) is 1.55. The number of amides is 1. The lowest BCUT2D eigenvalue weighted by atomic mass is 9.94. The Morgan fingerprint density at radius 3 is 2.16 bits per heavy atom. The Labute approximate surface area is 283 Å². The molecule has 12 heteroatoms. The van der Waals surface area contributed by atoms with Crippen LogP contribution < -0.4 is 24.8 Å². The molecule has 1 amide bonds. The fourth-order valence-electron chi connectivity index (χ4n) is 6.07. The Bertz CT molecular complexity index is 1850. The topological polar surface area (TPSA) is 171 Å². The van der Waals surface area contributed by atoms with E-state index in [1.54, 1.807) is 37.4 Å².